The molecule has 11 atom stereocenters. The van der Waals surface area contributed by atoms with Crippen LogP contribution in [0.15, 0.2) is 30.3 Å². The normalized spacial score (nSPS) is 39.1. The molecular weight excluding hydrogens is 504 g/mol. The summed E-state index contributed by atoms with van der Waals surface area (Å²) in [4.78, 5) is 12.3. The monoisotopic (exact) mass is 550 g/mol. The topological polar surface area (TPSA) is 90.9 Å². The summed E-state index contributed by atoms with van der Waals surface area (Å²) in [6.45, 7) is 16.3. The van der Waals surface area contributed by atoms with Crippen LogP contribution in [0.1, 0.15) is 61.0 Å². The molecule has 3 aliphatic heterocycles. The number of rotatable bonds is 8. The molecule has 0 radical (unpaired) electrons. The van der Waals surface area contributed by atoms with Gasteiger partial charge in [-0.1, -0.05) is 51.1 Å². The van der Waals surface area contributed by atoms with Crippen molar-refractivity contribution in [2.45, 2.75) is 117 Å². The zero-order valence-corrected chi connectivity index (χ0v) is 24.5. The van der Waals surface area contributed by atoms with Gasteiger partial charge in [0.05, 0.1) is 31.5 Å². The molecule has 5 unspecified atom stereocenters. The molecule has 0 amide bonds. The van der Waals surface area contributed by atoms with Crippen LogP contribution in [-0.2, 0) is 49.3 Å². The van der Waals surface area contributed by atoms with Gasteiger partial charge in [0.25, 0.3) is 0 Å². The zero-order valence-electron chi connectivity index (χ0n) is 24.5. The molecule has 220 valence electrons. The Morgan fingerprint density at radius 2 is 1.59 bits per heavy atom. The lowest BCUT2D eigenvalue weighted by atomic mass is 9.84. The van der Waals surface area contributed by atoms with Crippen LogP contribution >= 0.6 is 0 Å². The Bertz CT molecular complexity index is 917. The van der Waals surface area contributed by atoms with Gasteiger partial charge in [-0.15, -0.1) is 0 Å². The first-order chi connectivity index (χ1) is 18.4. The maximum atomic E-state index is 12.3. The quantitative estimate of drug-likeness (QED) is 0.435. The fourth-order valence-electron chi connectivity index (χ4n) is 5.45. The Hall–Kier alpha value is -1.59. The molecule has 3 saturated heterocycles. The van der Waals surface area contributed by atoms with Gasteiger partial charge in [-0.05, 0) is 46.1 Å². The second-order valence-corrected chi connectivity index (χ2v) is 12.1. The maximum Gasteiger partial charge on any atom is 0.332 e. The van der Waals surface area contributed by atoms with Crippen molar-refractivity contribution < 1.29 is 42.7 Å². The van der Waals surface area contributed by atoms with E-state index in [1.807, 2.05) is 71.9 Å². The Kier molecular flexibility index (Phi) is 10.1. The van der Waals surface area contributed by atoms with E-state index in [-0.39, 0.29) is 55.1 Å². The first-order valence-electron chi connectivity index (χ1n) is 14.2. The summed E-state index contributed by atoms with van der Waals surface area (Å²) < 4.78 is 48.9. The fourth-order valence-corrected chi connectivity index (χ4v) is 5.45. The van der Waals surface area contributed by atoms with E-state index in [4.69, 9.17) is 37.9 Å². The van der Waals surface area contributed by atoms with Crippen molar-refractivity contribution in [3.8, 4) is 0 Å². The van der Waals surface area contributed by atoms with Crippen LogP contribution < -0.4 is 0 Å². The van der Waals surface area contributed by atoms with Crippen molar-refractivity contribution >= 4 is 5.97 Å². The number of fused-ring (bicyclic) bond motifs is 1. The Balaban J connectivity index is 1.47. The first kappa shape index (κ1) is 30.4. The first-order valence-corrected chi connectivity index (χ1v) is 14.2. The Morgan fingerprint density at radius 1 is 0.872 bits per heavy atom. The lowest BCUT2D eigenvalue weighted by Gasteiger charge is -2.50. The molecular formula is C30H46O9. The van der Waals surface area contributed by atoms with Crippen molar-refractivity contribution in [2.75, 3.05) is 13.2 Å². The minimum Gasteiger partial charge on any atom is -0.458 e. The largest absolute Gasteiger partial charge is 0.458 e. The lowest BCUT2D eigenvalue weighted by Crippen LogP contribution is -2.60. The predicted octanol–water partition coefficient (Wildman–Crippen LogP) is 4.45. The standard InChI is InChI=1S/C30H46O9/c1-17-18(2)29(37-23-15-32-21(5)36-25(17)23)38-27-20(4)35-28(34-16-24(31)39-30(6,7)8)19(3)26(27)33-14-22-12-10-9-11-13-22/h9-13,17-21,23,25-29H,14-16H2,1-8H3/t17-,18?,19?,20?,21?,23?,25+,26+,27-,28-,29-/m1/s1. The molecule has 1 aromatic carbocycles. The number of hydrogen-bond donors (Lipinski definition) is 0. The van der Waals surface area contributed by atoms with Crippen molar-refractivity contribution in [1.82, 2.24) is 0 Å². The number of carbonyl (C=O) groups is 1. The van der Waals surface area contributed by atoms with E-state index in [0.29, 0.717) is 13.2 Å². The second-order valence-electron chi connectivity index (χ2n) is 12.1. The summed E-state index contributed by atoms with van der Waals surface area (Å²) in [6.07, 6.45) is -2.82. The fraction of sp³-hybridized carbons (Fsp3) is 0.767. The van der Waals surface area contributed by atoms with E-state index in [2.05, 4.69) is 13.8 Å². The molecule has 1 aromatic rings. The molecule has 9 nitrogen and oxygen atoms in total. The second kappa shape index (κ2) is 12.9. The molecule has 39 heavy (non-hydrogen) atoms. The van der Waals surface area contributed by atoms with Crippen LogP contribution in [0, 0.1) is 17.8 Å². The number of esters is 1. The van der Waals surface area contributed by atoms with Crippen molar-refractivity contribution in [2.24, 2.45) is 17.8 Å². The van der Waals surface area contributed by atoms with Crippen LogP contribution in [0.3, 0.4) is 0 Å². The number of benzene rings is 1. The van der Waals surface area contributed by atoms with Crippen molar-refractivity contribution in [1.29, 1.82) is 0 Å². The molecule has 9 heteroatoms. The minimum absolute atomic E-state index is 0.0432. The van der Waals surface area contributed by atoms with Crippen LogP contribution in [0.4, 0.5) is 0 Å². The molecule has 4 rings (SSSR count). The molecule has 3 aliphatic rings. The summed E-state index contributed by atoms with van der Waals surface area (Å²) >= 11 is 0. The molecule has 0 bridgehead atoms. The van der Waals surface area contributed by atoms with Crippen LogP contribution in [0.2, 0.25) is 0 Å². The minimum atomic E-state index is -0.664. The predicted molar refractivity (Wildman–Crippen MR) is 142 cm³/mol. The summed E-state index contributed by atoms with van der Waals surface area (Å²) in [5.74, 6) is -0.380. The number of ether oxygens (including phenoxy) is 8. The van der Waals surface area contributed by atoms with Gasteiger partial charge in [0, 0.05) is 11.8 Å². The van der Waals surface area contributed by atoms with E-state index in [1.165, 1.54) is 0 Å². The Labute approximate surface area is 232 Å². The summed E-state index contributed by atoms with van der Waals surface area (Å²) in [5, 5.41) is 0. The van der Waals surface area contributed by atoms with Crippen molar-refractivity contribution in [3.05, 3.63) is 35.9 Å². The molecule has 0 aliphatic carbocycles. The third kappa shape index (κ3) is 7.79. The molecule has 0 spiro atoms. The molecule has 3 fully saturated rings. The number of carbonyl (C=O) groups excluding carboxylic acids is 1. The molecule has 0 N–H and O–H groups in total. The molecule has 0 saturated carbocycles. The summed E-state index contributed by atoms with van der Waals surface area (Å²) in [6, 6.07) is 10.0. The van der Waals surface area contributed by atoms with Crippen LogP contribution in [0.5, 0.6) is 0 Å². The SMILES string of the molecule is CC1OCC2O[C@H](O[C@@H]3C(C)O[C@@H](OCC(=O)OC(C)(C)C)C(C)[C@@H]3OCc3ccccc3)C(C)[C@@H](C)[C@@H]2O1. The highest BCUT2D eigenvalue weighted by molar-refractivity contribution is 5.71. The summed E-state index contributed by atoms with van der Waals surface area (Å²) in [7, 11) is 0. The average molecular weight is 551 g/mol. The average Bonchev–Trinajstić information content (AvgIpc) is 2.87. The lowest BCUT2D eigenvalue weighted by molar-refractivity contribution is -0.365. The number of hydrogen-bond acceptors (Lipinski definition) is 9. The van der Waals surface area contributed by atoms with E-state index in [0.717, 1.165) is 5.56 Å². The zero-order chi connectivity index (χ0) is 28.3. The van der Waals surface area contributed by atoms with E-state index >= 15 is 0 Å². The van der Waals surface area contributed by atoms with Gasteiger partial charge in [0.2, 0.25) is 0 Å². The smallest absolute Gasteiger partial charge is 0.332 e. The Morgan fingerprint density at radius 3 is 2.28 bits per heavy atom. The van der Waals surface area contributed by atoms with Gasteiger partial charge in [-0.25, -0.2) is 4.79 Å². The highest BCUT2D eigenvalue weighted by atomic mass is 16.8. The van der Waals surface area contributed by atoms with E-state index in [9.17, 15) is 4.79 Å². The van der Waals surface area contributed by atoms with Crippen LogP contribution in [-0.4, -0.2) is 74.2 Å². The van der Waals surface area contributed by atoms with Gasteiger partial charge in [0.15, 0.2) is 18.9 Å². The van der Waals surface area contributed by atoms with Gasteiger partial charge in [-0.2, -0.15) is 0 Å². The summed E-state index contributed by atoms with van der Waals surface area (Å²) in [5.41, 5.74) is 0.463. The van der Waals surface area contributed by atoms with Gasteiger partial charge in [-0.3, -0.25) is 0 Å². The molecule has 0 aromatic heterocycles. The van der Waals surface area contributed by atoms with Gasteiger partial charge >= 0.3 is 5.97 Å². The van der Waals surface area contributed by atoms with E-state index < -0.39 is 30.3 Å². The maximum absolute atomic E-state index is 12.3. The van der Waals surface area contributed by atoms with Gasteiger partial charge < -0.3 is 37.9 Å². The highest BCUT2D eigenvalue weighted by Gasteiger charge is 2.50. The van der Waals surface area contributed by atoms with Crippen molar-refractivity contribution in [3.63, 3.8) is 0 Å². The third-order valence-electron chi connectivity index (χ3n) is 7.74. The molecule has 3 heterocycles. The highest BCUT2D eigenvalue weighted by Crippen LogP contribution is 2.39. The van der Waals surface area contributed by atoms with Crippen LogP contribution in [0.25, 0.3) is 0 Å². The van der Waals surface area contributed by atoms with Gasteiger partial charge in [0.1, 0.15) is 24.4 Å². The third-order valence-corrected chi connectivity index (χ3v) is 7.74. The van der Waals surface area contributed by atoms with E-state index in [1.54, 1.807) is 0 Å².